The van der Waals surface area contributed by atoms with Crippen molar-refractivity contribution in [2.75, 3.05) is 13.6 Å². The highest BCUT2D eigenvalue weighted by atomic mass is 16.5. The van der Waals surface area contributed by atoms with Gasteiger partial charge in [0, 0.05) is 19.0 Å². The van der Waals surface area contributed by atoms with E-state index in [4.69, 9.17) is 9.68 Å². The fourth-order valence-electron chi connectivity index (χ4n) is 3.67. The second-order valence-corrected chi connectivity index (χ2v) is 6.44. The molecule has 3 aromatic rings. The van der Waals surface area contributed by atoms with Gasteiger partial charge in [0.25, 0.3) is 0 Å². The third-order valence-electron chi connectivity index (χ3n) is 4.79. The molecule has 1 heterocycles. The zero-order valence-electron chi connectivity index (χ0n) is 13.6. The Morgan fingerprint density at radius 1 is 1.04 bits per heavy atom. The van der Waals surface area contributed by atoms with Gasteiger partial charge in [0.05, 0.1) is 0 Å². The molecule has 119 valence electrons. The van der Waals surface area contributed by atoms with Crippen LogP contribution in [0.25, 0.3) is 10.8 Å². The minimum atomic E-state index is 0.343. The van der Waals surface area contributed by atoms with Gasteiger partial charge in [0.15, 0.2) is 0 Å². The first-order valence-electron chi connectivity index (χ1n) is 8.17. The van der Waals surface area contributed by atoms with Crippen molar-refractivity contribution in [1.29, 1.82) is 0 Å². The van der Waals surface area contributed by atoms with Crippen molar-refractivity contribution in [2.45, 2.75) is 12.5 Å². The van der Waals surface area contributed by atoms with Crippen LogP contribution in [0.15, 0.2) is 60.7 Å². The van der Waals surface area contributed by atoms with E-state index in [0.29, 0.717) is 11.7 Å². The van der Waals surface area contributed by atoms with Gasteiger partial charge in [-0.15, -0.1) is 0 Å². The highest BCUT2D eigenvalue weighted by Crippen LogP contribution is 2.35. The molecule has 0 fully saturated rings. The molecule has 24 heavy (non-hydrogen) atoms. The summed E-state index contributed by atoms with van der Waals surface area (Å²) in [5.74, 6) is 1.01. The van der Waals surface area contributed by atoms with E-state index < -0.39 is 0 Å². The quantitative estimate of drug-likeness (QED) is 0.753. The third kappa shape index (κ3) is 2.79. The van der Waals surface area contributed by atoms with Gasteiger partial charge in [-0.2, -0.15) is 0 Å². The highest BCUT2D eigenvalue weighted by Gasteiger charge is 2.25. The van der Waals surface area contributed by atoms with E-state index in [1.807, 2.05) is 12.1 Å². The molecule has 0 spiro atoms. The molecule has 0 aliphatic carbocycles. The lowest BCUT2D eigenvalue weighted by molar-refractivity contribution is 0.294. The summed E-state index contributed by atoms with van der Waals surface area (Å²) >= 11 is 0. The molecular formula is C20H19BNO2. The summed E-state index contributed by atoms with van der Waals surface area (Å²) < 4.78 is 5.12. The van der Waals surface area contributed by atoms with E-state index in [9.17, 15) is 0 Å². The Bertz CT molecular complexity index is 880. The average Bonchev–Trinajstić information content (AvgIpc) is 2.60. The van der Waals surface area contributed by atoms with Gasteiger partial charge in [-0.1, -0.05) is 48.5 Å². The smallest absolute Gasteiger partial charge is 0.537 e. The maximum Gasteiger partial charge on any atom is 0.569 e. The molecule has 1 radical (unpaired) electrons. The van der Waals surface area contributed by atoms with Crippen molar-refractivity contribution in [3.8, 4) is 5.75 Å². The maximum absolute atomic E-state index is 8.85. The van der Waals surface area contributed by atoms with Crippen LogP contribution in [0.4, 0.5) is 0 Å². The standard InChI is InChI=1S/C20H19BNO2/c1-22-12-17-11-18(24-21-23)8-9-19(17)20(13-22)16-7-6-14-4-2-3-5-15(14)10-16/h2-11,20,23H,12-13H2,1H3/t20-/m0/s1. The first-order valence-corrected chi connectivity index (χ1v) is 8.17. The van der Waals surface area contributed by atoms with Gasteiger partial charge in [0.2, 0.25) is 0 Å². The van der Waals surface area contributed by atoms with Crippen LogP contribution in [-0.4, -0.2) is 31.2 Å². The molecule has 3 aromatic carbocycles. The SMILES string of the molecule is CN1Cc2cc(O[B]O)ccc2[C@H](c2ccc3ccccc3c2)C1. The van der Waals surface area contributed by atoms with Gasteiger partial charge < -0.3 is 14.6 Å². The molecule has 1 aliphatic heterocycles. The lowest BCUT2D eigenvalue weighted by Crippen LogP contribution is -2.31. The maximum atomic E-state index is 8.85. The molecular weight excluding hydrogens is 297 g/mol. The van der Waals surface area contributed by atoms with Crippen molar-refractivity contribution >= 4 is 18.5 Å². The van der Waals surface area contributed by atoms with Crippen molar-refractivity contribution in [2.24, 2.45) is 0 Å². The molecule has 0 amide bonds. The van der Waals surface area contributed by atoms with Crippen LogP contribution in [0.3, 0.4) is 0 Å². The Morgan fingerprint density at radius 2 is 1.88 bits per heavy atom. The van der Waals surface area contributed by atoms with Gasteiger partial charge in [-0.05, 0) is 46.6 Å². The number of hydrogen-bond acceptors (Lipinski definition) is 3. The summed E-state index contributed by atoms with van der Waals surface area (Å²) in [6.07, 6.45) is 0. The van der Waals surface area contributed by atoms with E-state index in [0.717, 1.165) is 20.8 Å². The van der Waals surface area contributed by atoms with E-state index in [1.165, 1.54) is 27.5 Å². The average molecular weight is 316 g/mol. The van der Waals surface area contributed by atoms with Crippen molar-refractivity contribution in [1.82, 2.24) is 4.90 Å². The summed E-state index contributed by atoms with van der Waals surface area (Å²) in [4.78, 5) is 2.33. The zero-order valence-corrected chi connectivity index (χ0v) is 13.6. The molecule has 1 N–H and O–H groups in total. The first kappa shape index (κ1) is 15.2. The van der Waals surface area contributed by atoms with Crippen molar-refractivity contribution < 1.29 is 9.68 Å². The van der Waals surface area contributed by atoms with Crippen LogP contribution in [0.2, 0.25) is 0 Å². The molecule has 0 saturated heterocycles. The van der Waals surface area contributed by atoms with Gasteiger partial charge in [-0.3, -0.25) is 0 Å². The zero-order chi connectivity index (χ0) is 16.5. The monoisotopic (exact) mass is 316 g/mol. The first-order chi connectivity index (χ1) is 11.7. The van der Waals surface area contributed by atoms with Crippen LogP contribution >= 0.6 is 0 Å². The van der Waals surface area contributed by atoms with E-state index in [2.05, 4.69) is 60.5 Å². The normalized spacial score (nSPS) is 17.5. The Morgan fingerprint density at radius 3 is 2.71 bits per heavy atom. The van der Waals surface area contributed by atoms with Crippen LogP contribution in [-0.2, 0) is 6.54 Å². The molecule has 1 atom stereocenters. The summed E-state index contributed by atoms with van der Waals surface area (Å²) in [6, 6.07) is 21.3. The highest BCUT2D eigenvalue weighted by molar-refractivity contribution is 6.17. The molecule has 0 saturated carbocycles. The molecule has 3 nitrogen and oxygen atoms in total. The van der Waals surface area contributed by atoms with Crippen LogP contribution in [0.1, 0.15) is 22.6 Å². The predicted molar refractivity (Wildman–Crippen MR) is 97.2 cm³/mol. The van der Waals surface area contributed by atoms with Crippen molar-refractivity contribution in [3.05, 3.63) is 77.4 Å². The largest absolute Gasteiger partial charge is 0.569 e. The van der Waals surface area contributed by atoms with Crippen LogP contribution in [0, 0.1) is 0 Å². The number of rotatable bonds is 3. The van der Waals surface area contributed by atoms with E-state index in [-0.39, 0.29) is 0 Å². The summed E-state index contributed by atoms with van der Waals surface area (Å²) in [5, 5.41) is 11.4. The number of likely N-dealkylation sites (N-methyl/N-ethyl adjacent to an activating group) is 1. The predicted octanol–water partition coefficient (Wildman–Crippen LogP) is 3.32. The topological polar surface area (TPSA) is 32.7 Å². The molecule has 4 heteroatoms. The molecule has 0 unspecified atom stereocenters. The Kier molecular flexibility index (Phi) is 4.01. The second kappa shape index (κ2) is 6.31. The fourth-order valence-corrected chi connectivity index (χ4v) is 3.67. The number of fused-ring (bicyclic) bond motifs is 2. The van der Waals surface area contributed by atoms with E-state index >= 15 is 0 Å². The van der Waals surface area contributed by atoms with Crippen molar-refractivity contribution in [3.63, 3.8) is 0 Å². The Hall–Kier alpha value is -2.30. The third-order valence-corrected chi connectivity index (χ3v) is 4.79. The minimum Gasteiger partial charge on any atom is -0.537 e. The summed E-state index contributed by atoms with van der Waals surface area (Å²) in [5.41, 5.74) is 3.93. The van der Waals surface area contributed by atoms with Crippen LogP contribution in [0.5, 0.6) is 5.75 Å². The second-order valence-electron chi connectivity index (χ2n) is 6.44. The van der Waals surface area contributed by atoms with Gasteiger partial charge in [0.1, 0.15) is 5.75 Å². The van der Waals surface area contributed by atoms with Crippen LogP contribution < -0.4 is 4.65 Å². The number of benzene rings is 3. The lowest BCUT2D eigenvalue weighted by atomic mass is 9.84. The van der Waals surface area contributed by atoms with Gasteiger partial charge in [-0.25, -0.2) is 0 Å². The molecule has 0 aromatic heterocycles. The van der Waals surface area contributed by atoms with Gasteiger partial charge >= 0.3 is 7.69 Å². The van der Waals surface area contributed by atoms with E-state index in [1.54, 1.807) is 0 Å². The fraction of sp³-hybridized carbons (Fsp3) is 0.200. The number of nitrogens with zero attached hydrogens (tertiary/aromatic N) is 1. The molecule has 0 bridgehead atoms. The molecule has 1 aliphatic rings. The summed E-state index contributed by atoms with van der Waals surface area (Å²) in [7, 11) is 2.87. The number of hydrogen-bond donors (Lipinski definition) is 1. The Balaban J connectivity index is 1.77. The lowest BCUT2D eigenvalue weighted by Gasteiger charge is -2.33. The summed E-state index contributed by atoms with van der Waals surface area (Å²) in [6.45, 7) is 1.89. The minimum absolute atomic E-state index is 0.343. The molecule has 4 rings (SSSR count). The Labute approximate surface area is 142 Å².